The van der Waals surface area contributed by atoms with Gasteiger partial charge in [0.15, 0.2) is 5.16 Å². The molecule has 0 spiro atoms. The first-order valence-corrected chi connectivity index (χ1v) is 7.19. The highest BCUT2D eigenvalue weighted by atomic mass is 79.9. The van der Waals surface area contributed by atoms with E-state index in [1.54, 1.807) is 11.8 Å². The van der Waals surface area contributed by atoms with Crippen LogP contribution in [0.2, 0.25) is 0 Å². The molecule has 0 aliphatic rings. The van der Waals surface area contributed by atoms with Gasteiger partial charge in [-0.25, -0.2) is 4.98 Å². The number of thioether (sulfide) groups is 1. The molecular formula is C12H19BrN2S. The Morgan fingerprint density at radius 2 is 2.12 bits per heavy atom. The summed E-state index contributed by atoms with van der Waals surface area (Å²) < 4.78 is 3.31. The first kappa shape index (κ1) is 13.8. The van der Waals surface area contributed by atoms with E-state index in [9.17, 15) is 0 Å². The fraction of sp³-hybridized carbons (Fsp3) is 0.583. The molecule has 0 N–H and O–H groups in total. The molecule has 1 aromatic heterocycles. The molecule has 0 aliphatic carbocycles. The number of aromatic nitrogens is 2. The Balaban J connectivity index is 2.89. The lowest BCUT2D eigenvalue weighted by Gasteiger charge is -2.11. The monoisotopic (exact) mass is 302 g/mol. The van der Waals surface area contributed by atoms with Crippen molar-refractivity contribution in [3.05, 3.63) is 22.4 Å². The van der Waals surface area contributed by atoms with Crippen LogP contribution in [0.1, 0.15) is 25.2 Å². The fourth-order valence-corrected chi connectivity index (χ4v) is 2.65. The van der Waals surface area contributed by atoms with Gasteiger partial charge in [0.1, 0.15) is 0 Å². The molecule has 0 aliphatic heterocycles. The zero-order chi connectivity index (χ0) is 12.3. The molecule has 0 saturated heterocycles. The van der Waals surface area contributed by atoms with E-state index in [0.29, 0.717) is 5.92 Å². The number of hydrogen-bond donors (Lipinski definition) is 0. The summed E-state index contributed by atoms with van der Waals surface area (Å²) in [5, 5.41) is 1.10. The summed E-state index contributed by atoms with van der Waals surface area (Å²) in [6, 6.07) is 0. The Kier molecular flexibility index (Phi) is 5.12. The van der Waals surface area contributed by atoms with Crippen LogP contribution in [0.4, 0.5) is 0 Å². The van der Waals surface area contributed by atoms with Crippen LogP contribution in [0.15, 0.2) is 16.2 Å². The third-order valence-electron chi connectivity index (χ3n) is 2.33. The van der Waals surface area contributed by atoms with E-state index >= 15 is 0 Å². The van der Waals surface area contributed by atoms with Crippen LogP contribution in [0, 0.1) is 19.8 Å². The molecule has 0 atom stereocenters. The summed E-state index contributed by atoms with van der Waals surface area (Å²) in [7, 11) is 0. The second kappa shape index (κ2) is 5.92. The van der Waals surface area contributed by atoms with Crippen LogP contribution in [-0.4, -0.2) is 15.3 Å². The van der Waals surface area contributed by atoms with Crippen LogP contribution < -0.4 is 0 Å². The van der Waals surface area contributed by atoms with Crippen molar-refractivity contribution in [2.45, 2.75) is 39.4 Å². The Morgan fingerprint density at radius 1 is 1.50 bits per heavy atom. The van der Waals surface area contributed by atoms with Gasteiger partial charge in [-0.05, 0) is 24.2 Å². The molecule has 0 fully saturated rings. The second-order valence-electron chi connectivity index (χ2n) is 4.38. The summed E-state index contributed by atoms with van der Waals surface area (Å²) in [4.78, 5) is 4.60. The molecule has 2 nitrogen and oxygen atoms in total. The molecule has 0 aromatic carbocycles. The van der Waals surface area contributed by atoms with Gasteiger partial charge in [0.05, 0.1) is 5.69 Å². The van der Waals surface area contributed by atoms with E-state index in [2.05, 4.69) is 59.8 Å². The Hall–Kier alpha value is -0.220. The van der Waals surface area contributed by atoms with E-state index in [-0.39, 0.29) is 0 Å². The largest absolute Gasteiger partial charge is 0.323 e. The number of aryl methyl sites for hydroxylation is 1. The van der Waals surface area contributed by atoms with Gasteiger partial charge in [-0.3, -0.25) is 0 Å². The molecular weight excluding hydrogens is 284 g/mol. The molecule has 1 heterocycles. The third-order valence-corrected chi connectivity index (χ3v) is 4.04. The van der Waals surface area contributed by atoms with Crippen molar-refractivity contribution in [2.75, 3.05) is 5.75 Å². The van der Waals surface area contributed by atoms with Crippen molar-refractivity contribution >= 4 is 27.7 Å². The normalized spacial score (nSPS) is 11.1. The number of nitrogens with zero attached hydrogens (tertiary/aromatic N) is 2. The quantitative estimate of drug-likeness (QED) is 0.760. The molecule has 90 valence electrons. The van der Waals surface area contributed by atoms with Crippen LogP contribution in [0.25, 0.3) is 0 Å². The minimum Gasteiger partial charge on any atom is -0.323 e. The van der Waals surface area contributed by atoms with Crippen molar-refractivity contribution in [2.24, 2.45) is 5.92 Å². The lowest BCUT2D eigenvalue weighted by Crippen LogP contribution is -2.07. The highest BCUT2D eigenvalue weighted by molar-refractivity contribution is 9.11. The molecule has 1 rings (SSSR count). The molecule has 0 unspecified atom stereocenters. The number of hydrogen-bond acceptors (Lipinski definition) is 2. The summed E-state index contributed by atoms with van der Waals surface area (Å²) >= 11 is 5.12. The predicted molar refractivity (Wildman–Crippen MR) is 75.3 cm³/mol. The molecule has 16 heavy (non-hydrogen) atoms. The molecule has 0 radical (unpaired) electrons. The Labute approximate surface area is 111 Å². The first-order valence-electron chi connectivity index (χ1n) is 5.41. The molecule has 0 amide bonds. The summed E-state index contributed by atoms with van der Waals surface area (Å²) in [5.74, 6) is 1.51. The summed E-state index contributed by atoms with van der Waals surface area (Å²) in [5.41, 5.74) is 2.40. The van der Waals surface area contributed by atoms with E-state index in [1.165, 1.54) is 5.69 Å². The van der Waals surface area contributed by atoms with Gasteiger partial charge in [0.2, 0.25) is 0 Å². The van der Waals surface area contributed by atoms with Gasteiger partial charge in [-0.2, -0.15) is 0 Å². The average Bonchev–Trinajstić information content (AvgIpc) is 2.42. The lowest BCUT2D eigenvalue weighted by atomic mass is 10.2. The number of imidazole rings is 1. The maximum atomic E-state index is 4.60. The van der Waals surface area contributed by atoms with Crippen molar-refractivity contribution in [1.82, 2.24) is 9.55 Å². The minimum atomic E-state index is 0.638. The maximum Gasteiger partial charge on any atom is 0.168 e. The molecule has 0 saturated carbocycles. The van der Waals surface area contributed by atoms with Crippen molar-refractivity contribution < 1.29 is 0 Å². The Bertz CT molecular complexity index is 383. The average molecular weight is 303 g/mol. The maximum absolute atomic E-state index is 4.60. The predicted octanol–water partition coefficient (Wildman–Crippen LogP) is 4.16. The molecule has 1 aromatic rings. The second-order valence-corrected chi connectivity index (χ2v) is 6.44. The van der Waals surface area contributed by atoms with E-state index in [1.807, 2.05) is 0 Å². The van der Waals surface area contributed by atoms with E-state index in [0.717, 1.165) is 27.6 Å². The number of rotatable bonds is 5. The van der Waals surface area contributed by atoms with E-state index < -0.39 is 0 Å². The van der Waals surface area contributed by atoms with E-state index in [4.69, 9.17) is 0 Å². The van der Waals surface area contributed by atoms with Gasteiger partial charge in [-0.1, -0.05) is 48.1 Å². The van der Waals surface area contributed by atoms with Crippen LogP contribution >= 0.6 is 27.7 Å². The van der Waals surface area contributed by atoms with Gasteiger partial charge < -0.3 is 4.57 Å². The zero-order valence-corrected chi connectivity index (χ0v) is 12.8. The smallest absolute Gasteiger partial charge is 0.168 e. The highest BCUT2D eigenvalue weighted by Gasteiger charge is 2.12. The zero-order valence-electron chi connectivity index (χ0n) is 10.4. The van der Waals surface area contributed by atoms with Gasteiger partial charge in [-0.15, -0.1) is 0 Å². The summed E-state index contributed by atoms with van der Waals surface area (Å²) in [6.07, 6.45) is 0. The van der Waals surface area contributed by atoms with Crippen LogP contribution in [0.3, 0.4) is 0 Å². The standard InChI is InChI=1S/C12H19BrN2S/c1-8(2)6-15-11(5)10(4)14-12(15)16-7-9(3)13/h8H,3,6-7H2,1-2,4-5H3. The molecule has 0 bridgehead atoms. The topological polar surface area (TPSA) is 17.8 Å². The SMILES string of the molecule is C=C(Br)CSc1nc(C)c(C)n1CC(C)C. The number of halogens is 1. The van der Waals surface area contributed by atoms with Crippen molar-refractivity contribution in [1.29, 1.82) is 0 Å². The fourth-order valence-electron chi connectivity index (χ4n) is 1.46. The van der Waals surface area contributed by atoms with Gasteiger partial charge in [0.25, 0.3) is 0 Å². The van der Waals surface area contributed by atoms with Crippen LogP contribution in [-0.2, 0) is 6.54 Å². The first-order chi connectivity index (χ1) is 7.41. The Morgan fingerprint density at radius 3 is 2.62 bits per heavy atom. The van der Waals surface area contributed by atoms with Gasteiger partial charge >= 0.3 is 0 Å². The van der Waals surface area contributed by atoms with Crippen molar-refractivity contribution in [3.8, 4) is 0 Å². The minimum absolute atomic E-state index is 0.638. The van der Waals surface area contributed by atoms with Gasteiger partial charge in [0, 0.05) is 18.0 Å². The molecule has 4 heteroatoms. The third kappa shape index (κ3) is 3.67. The summed E-state index contributed by atoms with van der Waals surface area (Å²) in [6.45, 7) is 13.5. The van der Waals surface area contributed by atoms with Crippen molar-refractivity contribution in [3.63, 3.8) is 0 Å². The highest BCUT2D eigenvalue weighted by Crippen LogP contribution is 2.25. The van der Waals surface area contributed by atoms with Crippen LogP contribution in [0.5, 0.6) is 0 Å². The lowest BCUT2D eigenvalue weighted by molar-refractivity contribution is 0.486.